The van der Waals surface area contributed by atoms with Gasteiger partial charge in [0.2, 0.25) is 0 Å². The Balaban J connectivity index is 2.57. The van der Waals surface area contributed by atoms with Gasteiger partial charge in [0.1, 0.15) is 17.2 Å². The van der Waals surface area contributed by atoms with E-state index in [4.69, 9.17) is 14.9 Å². The van der Waals surface area contributed by atoms with E-state index in [1.54, 1.807) is 7.11 Å². The molecule has 2 aromatic rings. The van der Waals surface area contributed by atoms with Gasteiger partial charge in [0, 0.05) is 12.0 Å². The van der Waals surface area contributed by atoms with Crippen LogP contribution in [0.15, 0.2) is 28.7 Å². The molecule has 0 bridgehead atoms. The van der Waals surface area contributed by atoms with E-state index < -0.39 is 0 Å². The summed E-state index contributed by atoms with van der Waals surface area (Å²) < 4.78 is 10.6. The second-order valence-corrected chi connectivity index (χ2v) is 3.38. The third-order valence-electron chi connectivity index (χ3n) is 2.40. The summed E-state index contributed by atoms with van der Waals surface area (Å²) in [6, 6.07) is 7.87. The number of hydrogen-bond acceptors (Lipinski definition) is 4. The zero-order valence-electron chi connectivity index (χ0n) is 9.36. The number of aryl methyl sites for hydroxylation is 1. The number of para-hydroxylation sites is 1. The van der Waals surface area contributed by atoms with Crippen LogP contribution in [0.3, 0.4) is 0 Å². The van der Waals surface area contributed by atoms with Gasteiger partial charge >= 0.3 is 0 Å². The highest BCUT2D eigenvalue weighted by atomic mass is 16.5. The van der Waals surface area contributed by atoms with E-state index in [0.29, 0.717) is 0 Å². The van der Waals surface area contributed by atoms with Gasteiger partial charge in [0.05, 0.1) is 7.11 Å². The number of anilines is 1. The van der Waals surface area contributed by atoms with Crippen LogP contribution >= 0.6 is 0 Å². The first-order valence-electron chi connectivity index (χ1n) is 5.14. The highest BCUT2D eigenvalue weighted by Crippen LogP contribution is 2.32. The highest BCUT2D eigenvalue weighted by molar-refractivity contribution is 5.69. The molecular weight excluding hydrogens is 204 g/mol. The molecule has 0 saturated heterocycles. The molecule has 4 nitrogen and oxygen atoms in total. The molecule has 0 unspecified atom stereocenters. The second kappa shape index (κ2) is 4.26. The van der Waals surface area contributed by atoms with Crippen molar-refractivity contribution in [2.45, 2.75) is 13.3 Å². The van der Waals surface area contributed by atoms with Gasteiger partial charge in [-0.15, -0.1) is 0 Å². The lowest BCUT2D eigenvalue weighted by atomic mass is 10.1. The first-order chi connectivity index (χ1) is 7.76. The molecule has 0 radical (unpaired) electrons. The van der Waals surface area contributed by atoms with Gasteiger partial charge in [-0.1, -0.05) is 19.1 Å². The van der Waals surface area contributed by atoms with Crippen molar-refractivity contribution in [2.24, 2.45) is 0 Å². The zero-order chi connectivity index (χ0) is 11.5. The Bertz CT molecular complexity index is 492. The van der Waals surface area contributed by atoms with Crippen molar-refractivity contribution in [3.63, 3.8) is 0 Å². The van der Waals surface area contributed by atoms with Crippen molar-refractivity contribution in [3.05, 3.63) is 30.0 Å². The number of hydrogen-bond donors (Lipinski definition) is 1. The number of nitrogen functional groups attached to an aromatic ring is 1. The molecule has 1 aromatic carbocycles. The smallest absolute Gasteiger partial charge is 0.292 e. The lowest BCUT2D eigenvalue weighted by Gasteiger charge is -2.05. The third-order valence-corrected chi connectivity index (χ3v) is 2.40. The summed E-state index contributed by atoms with van der Waals surface area (Å²) in [6.45, 7) is 2.00. The van der Waals surface area contributed by atoms with Gasteiger partial charge in [-0.2, -0.15) is 4.98 Å². The Morgan fingerprint density at radius 2 is 2.12 bits per heavy atom. The molecule has 0 atom stereocenters. The summed E-state index contributed by atoms with van der Waals surface area (Å²) in [5.41, 5.74) is 7.23. The Labute approximate surface area is 94.1 Å². The third kappa shape index (κ3) is 1.74. The molecule has 0 spiro atoms. The van der Waals surface area contributed by atoms with Gasteiger partial charge in [0.25, 0.3) is 6.01 Å². The van der Waals surface area contributed by atoms with Crippen molar-refractivity contribution in [2.75, 3.05) is 12.8 Å². The molecule has 84 valence electrons. The number of oxazole rings is 1. The van der Waals surface area contributed by atoms with Crippen molar-refractivity contribution in [1.29, 1.82) is 0 Å². The maximum atomic E-state index is 5.57. The minimum Gasteiger partial charge on any atom is -0.496 e. The van der Waals surface area contributed by atoms with Crippen molar-refractivity contribution in [1.82, 2.24) is 4.98 Å². The number of nitrogens with two attached hydrogens (primary N) is 1. The number of methoxy groups -OCH3 is 1. The van der Waals surface area contributed by atoms with Crippen molar-refractivity contribution in [3.8, 4) is 17.0 Å². The molecule has 2 rings (SSSR count). The van der Waals surface area contributed by atoms with E-state index >= 15 is 0 Å². The monoisotopic (exact) mass is 218 g/mol. The van der Waals surface area contributed by atoms with E-state index in [-0.39, 0.29) is 6.01 Å². The lowest BCUT2D eigenvalue weighted by Crippen LogP contribution is -1.90. The summed E-state index contributed by atoms with van der Waals surface area (Å²) >= 11 is 0. The molecule has 0 aliphatic rings. The zero-order valence-corrected chi connectivity index (χ0v) is 9.36. The molecular formula is C12H14N2O2. The number of benzene rings is 1. The molecule has 1 heterocycles. The number of rotatable bonds is 3. The molecule has 0 aliphatic heterocycles. The Hall–Kier alpha value is -1.97. The van der Waals surface area contributed by atoms with Crippen LogP contribution in [-0.2, 0) is 6.42 Å². The summed E-state index contributed by atoms with van der Waals surface area (Å²) in [5.74, 6) is 1.55. The summed E-state index contributed by atoms with van der Waals surface area (Å²) in [6.07, 6.45) is 0.748. The van der Waals surface area contributed by atoms with Crippen LogP contribution in [0.25, 0.3) is 11.3 Å². The quantitative estimate of drug-likeness (QED) is 0.859. The summed E-state index contributed by atoms with van der Waals surface area (Å²) in [4.78, 5) is 4.19. The second-order valence-electron chi connectivity index (χ2n) is 3.38. The van der Waals surface area contributed by atoms with Crippen molar-refractivity contribution < 1.29 is 9.15 Å². The summed E-state index contributed by atoms with van der Waals surface area (Å²) in [7, 11) is 1.63. The minimum absolute atomic E-state index is 0.192. The van der Waals surface area contributed by atoms with Crippen LogP contribution in [0.5, 0.6) is 5.75 Å². The fourth-order valence-corrected chi connectivity index (χ4v) is 1.66. The van der Waals surface area contributed by atoms with Crippen molar-refractivity contribution >= 4 is 6.01 Å². The predicted molar refractivity (Wildman–Crippen MR) is 62.3 cm³/mol. The van der Waals surface area contributed by atoms with Gasteiger partial charge < -0.3 is 14.9 Å². The molecule has 0 amide bonds. The summed E-state index contributed by atoms with van der Waals surface area (Å²) in [5, 5.41) is 0. The number of aromatic nitrogens is 1. The van der Waals surface area contributed by atoms with E-state index in [0.717, 1.165) is 29.2 Å². The standard InChI is InChI=1S/C12H14N2O2/c1-3-9-11(14-12(13)16-9)8-6-4-5-7-10(8)15-2/h4-7H,3H2,1-2H3,(H2,13,14). The lowest BCUT2D eigenvalue weighted by molar-refractivity contribution is 0.416. The van der Waals surface area contributed by atoms with Crippen LogP contribution in [0.4, 0.5) is 6.01 Å². The van der Waals surface area contributed by atoms with E-state index in [1.165, 1.54) is 0 Å². The average Bonchev–Trinajstić information content (AvgIpc) is 2.70. The predicted octanol–water partition coefficient (Wildman–Crippen LogP) is 2.49. The molecule has 16 heavy (non-hydrogen) atoms. The van der Waals surface area contributed by atoms with Gasteiger partial charge in [-0.3, -0.25) is 0 Å². The molecule has 2 N–H and O–H groups in total. The van der Waals surface area contributed by atoms with E-state index in [9.17, 15) is 0 Å². The van der Waals surface area contributed by atoms with Gasteiger partial charge in [-0.25, -0.2) is 0 Å². The number of nitrogens with zero attached hydrogens (tertiary/aromatic N) is 1. The fourth-order valence-electron chi connectivity index (χ4n) is 1.66. The Kier molecular flexibility index (Phi) is 2.81. The van der Waals surface area contributed by atoms with Gasteiger partial charge in [0.15, 0.2) is 0 Å². The normalized spacial score (nSPS) is 10.4. The average molecular weight is 218 g/mol. The first kappa shape index (κ1) is 10.5. The topological polar surface area (TPSA) is 61.3 Å². The Morgan fingerprint density at radius 3 is 2.81 bits per heavy atom. The minimum atomic E-state index is 0.192. The molecule has 0 aliphatic carbocycles. The first-order valence-corrected chi connectivity index (χ1v) is 5.14. The largest absolute Gasteiger partial charge is 0.496 e. The molecule has 4 heteroatoms. The SMILES string of the molecule is CCc1oc(N)nc1-c1ccccc1OC. The van der Waals surface area contributed by atoms with Crippen LogP contribution in [0.1, 0.15) is 12.7 Å². The molecule has 1 aromatic heterocycles. The van der Waals surface area contributed by atoms with Crippen LogP contribution in [0.2, 0.25) is 0 Å². The molecule has 0 fully saturated rings. The van der Waals surface area contributed by atoms with Crippen LogP contribution in [-0.4, -0.2) is 12.1 Å². The molecule has 0 saturated carbocycles. The fraction of sp³-hybridized carbons (Fsp3) is 0.250. The number of ether oxygens (including phenoxy) is 1. The van der Waals surface area contributed by atoms with E-state index in [1.807, 2.05) is 31.2 Å². The van der Waals surface area contributed by atoms with Crippen LogP contribution in [0, 0.1) is 0 Å². The highest BCUT2D eigenvalue weighted by Gasteiger charge is 2.15. The maximum absolute atomic E-state index is 5.57. The Morgan fingerprint density at radius 1 is 1.38 bits per heavy atom. The van der Waals surface area contributed by atoms with E-state index in [2.05, 4.69) is 4.98 Å². The van der Waals surface area contributed by atoms with Gasteiger partial charge in [-0.05, 0) is 12.1 Å². The van der Waals surface area contributed by atoms with Crippen LogP contribution < -0.4 is 10.5 Å². The maximum Gasteiger partial charge on any atom is 0.292 e.